The van der Waals surface area contributed by atoms with Gasteiger partial charge < -0.3 is 10.6 Å². The van der Waals surface area contributed by atoms with E-state index >= 15 is 0 Å². The summed E-state index contributed by atoms with van der Waals surface area (Å²) in [6.07, 6.45) is 2.22. The Kier molecular flexibility index (Phi) is 11.2. The fourth-order valence-electron chi connectivity index (χ4n) is 2.90. The van der Waals surface area contributed by atoms with Crippen LogP contribution in [0.3, 0.4) is 0 Å². The van der Waals surface area contributed by atoms with Crippen molar-refractivity contribution >= 4 is 41.7 Å². The molecule has 0 amide bonds. The summed E-state index contributed by atoms with van der Waals surface area (Å²) in [6, 6.07) is 7.33. The van der Waals surface area contributed by atoms with Crippen LogP contribution in [0.1, 0.15) is 19.8 Å². The van der Waals surface area contributed by atoms with Gasteiger partial charge in [0.15, 0.2) is 5.96 Å². The van der Waals surface area contributed by atoms with Crippen LogP contribution in [0.15, 0.2) is 46.3 Å². The van der Waals surface area contributed by atoms with Crippen molar-refractivity contribution in [2.75, 3.05) is 39.0 Å². The summed E-state index contributed by atoms with van der Waals surface area (Å²) in [5.41, 5.74) is 1.22. The molecule has 2 N–H and O–H groups in total. The lowest BCUT2D eigenvalue weighted by atomic mass is 10.0. The highest BCUT2D eigenvalue weighted by molar-refractivity contribution is 14.0. The predicted molar refractivity (Wildman–Crippen MR) is 121 cm³/mol. The van der Waals surface area contributed by atoms with Gasteiger partial charge >= 0.3 is 0 Å². The summed E-state index contributed by atoms with van der Waals surface area (Å²) in [6.45, 7) is 9.98. The molecule has 26 heavy (non-hydrogen) atoms. The van der Waals surface area contributed by atoms with Gasteiger partial charge in [0.2, 0.25) is 0 Å². The lowest BCUT2D eigenvalue weighted by molar-refractivity contribution is 0.221. The van der Waals surface area contributed by atoms with Gasteiger partial charge in [0.25, 0.3) is 0 Å². The van der Waals surface area contributed by atoms with Crippen LogP contribution in [0, 0.1) is 5.82 Å². The van der Waals surface area contributed by atoms with Crippen molar-refractivity contribution in [2.45, 2.75) is 30.7 Å². The van der Waals surface area contributed by atoms with Crippen molar-refractivity contribution < 1.29 is 4.39 Å². The third-order valence-corrected chi connectivity index (χ3v) is 5.18. The van der Waals surface area contributed by atoms with Gasteiger partial charge in [0.05, 0.1) is 0 Å². The molecule has 1 aliphatic heterocycles. The molecule has 1 heterocycles. The first kappa shape index (κ1) is 23.2. The van der Waals surface area contributed by atoms with Gasteiger partial charge in [-0.3, -0.25) is 9.89 Å². The third-order valence-electron chi connectivity index (χ3n) is 4.13. The van der Waals surface area contributed by atoms with Gasteiger partial charge in [-0.1, -0.05) is 24.3 Å². The molecule has 0 atom stereocenters. The molecule has 0 aliphatic carbocycles. The molecular formula is C19H30FIN4S. The number of guanidine groups is 1. The molecule has 0 saturated carbocycles. The van der Waals surface area contributed by atoms with Gasteiger partial charge in [0.1, 0.15) is 5.82 Å². The maximum atomic E-state index is 13.6. The van der Waals surface area contributed by atoms with Crippen LogP contribution < -0.4 is 10.6 Å². The predicted octanol–water partition coefficient (Wildman–Crippen LogP) is 3.74. The number of benzene rings is 1. The maximum Gasteiger partial charge on any atom is 0.191 e. The van der Waals surface area contributed by atoms with Crippen LogP contribution in [-0.4, -0.2) is 55.9 Å². The molecule has 1 aromatic carbocycles. The molecule has 0 radical (unpaired) electrons. The fraction of sp³-hybridized carbons (Fsp3) is 0.526. The summed E-state index contributed by atoms with van der Waals surface area (Å²) in [5, 5.41) is 6.81. The SMILES string of the molecule is C=C(C)CN1CCC(NC(=NC)NCCSc2ccccc2F)CC1.I. The fourth-order valence-corrected chi connectivity index (χ4v) is 3.70. The first-order chi connectivity index (χ1) is 12.1. The Hall–Kier alpha value is -0.800. The van der Waals surface area contributed by atoms with Crippen LogP contribution >= 0.6 is 35.7 Å². The van der Waals surface area contributed by atoms with Gasteiger partial charge in [-0.25, -0.2) is 4.39 Å². The minimum Gasteiger partial charge on any atom is -0.356 e. The van der Waals surface area contributed by atoms with Crippen LogP contribution in [-0.2, 0) is 0 Å². The van der Waals surface area contributed by atoms with Crippen LogP contribution in [0.2, 0.25) is 0 Å². The van der Waals surface area contributed by atoms with E-state index in [1.807, 2.05) is 12.1 Å². The molecular weight excluding hydrogens is 462 g/mol. The van der Waals surface area contributed by atoms with Crippen molar-refractivity contribution in [1.29, 1.82) is 0 Å². The highest BCUT2D eigenvalue weighted by atomic mass is 127. The summed E-state index contributed by atoms with van der Waals surface area (Å²) >= 11 is 1.52. The van der Waals surface area contributed by atoms with E-state index < -0.39 is 0 Å². The highest BCUT2D eigenvalue weighted by Gasteiger charge is 2.19. The molecule has 0 unspecified atom stereocenters. The summed E-state index contributed by atoms with van der Waals surface area (Å²) < 4.78 is 13.6. The van der Waals surface area contributed by atoms with E-state index in [2.05, 4.69) is 34.0 Å². The second-order valence-electron chi connectivity index (χ2n) is 6.43. The summed E-state index contributed by atoms with van der Waals surface area (Å²) in [5.74, 6) is 1.46. The van der Waals surface area contributed by atoms with E-state index in [-0.39, 0.29) is 29.8 Å². The zero-order valence-electron chi connectivity index (χ0n) is 15.6. The number of nitrogens with zero attached hydrogens (tertiary/aromatic N) is 2. The number of rotatable bonds is 7. The van der Waals surface area contributed by atoms with E-state index in [0.717, 1.165) is 50.7 Å². The van der Waals surface area contributed by atoms with Crippen molar-refractivity contribution in [3.05, 3.63) is 42.2 Å². The van der Waals surface area contributed by atoms with Crippen molar-refractivity contribution in [1.82, 2.24) is 15.5 Å². The van der Waals surface area contributed by atoms with Crippen molar-refractivity contribution in [3.8, 4) is 0 Å². The quantitative estimate of drug-likeness (QED) is 0.152. The Morgan fingerprint density at radius 2 is 2.04 bits per heavy atom. The average molecular weight is 492 g/mol. The highest BCUT2D eigenvalue weighted by Crippen LogP contribution is 2.20. The Bertz CT molecular complexity index is 589. The van der Waals surface area contributed by atoms with Crippen molar-refractivity contribution in [2.24, 2.45) is 4.99 Å². The number of halogens is 2. The molecule has 1 aromatic rings. The molecule has 1 fully saturated rings. The molecule has 4 nitrogen and oxygen atoms in total. The number of aliphatic imine (C=N–C) groups is 1. The standard InChI is InChI=1S/C19H29FN4S.HI/c1-15(2)14-24-11-8-16(9-12-24)23-19(21-3)22-10-13-25-18-7-5-4-6-17(18)20;/h4-7,16H,1,8-14H2,2-3H3,(H2,21,22,23);1H. The van der Waals surface area contributed by atoms with E-state index in [1.54, 1.807) is 13.1 Å². The number of piperidine rings is 1. The van der Waals surface area contributed by atoms with Crippen molar-refractivity contribution in [3.63, 3.8) is 0 Å². The number of likely N-dealkylation sites (tertiary alicyclic amines) is 1. The van der Waals surface area contributed by atoms with E-state index in [9.17, 15) is 4.39 Å². The van der Waals surface area contributed by atoms with Gasteiger partial charge in [-0.2, -0.15) is 0 Å². The third kappa shape index (κ3) is 8.26. The minimum absolute atomic E-state index is 0. The lowest BCUT2D eigenvalue weighted by Gasteiger charge is -2.33. The number of nitrogens with one attached hydrogen (secondary N) is 2. The first-order valence-corrected chi connectivity index (χ1v) is 9.78. The normalized spacial score (nSPS) is 16.0. The first-order valence-electron chi connectivity index (χ1n) is 8.79. The average Bonchev–Trinajstić information content (AvgIpc) is 2.60. The number of hydrogen-bond acceptors (Lipinski definition) is 3. The largest absolute Gasteiger partial charge is 0.356 e. The number of hydrogen-bond donors (Lipinski definition) is 2. The second-order valence-corrected chi connectivity index (χ2v) is 7.57. The molecule has 1 aliphatic rings. The van der Waals surface area contributed by atoms with E-state index in [1.165, 1.54) is 23.4 Å². The van der Waals surface area contributed by atoms with Crippen LogP contribution in [0.4, 0.5) is 4.39 Å². The smallest absolute Gasteiger partial charge is 0.191 e. The van der Waals surface area contributed by atoms with Gasteiger partial charge in [-0.15, -0.1) is 35.7 Å². The van der Waals surface area contributed by atoms with Gasteiger partial charge in [-0.05, 0) is 31.9 Å². The lowest BCUT2D eigenvalue weighted by Crippen LogP contribution is -2.49. The summed E-state index contributed by atoms with van der Waals surface area (Å²) in [7, 11) is 1.79. The van der Waals surface area contributed by atoms with E-state index in [0.29, 0.717) is 10.9 Å². The Morgan fingerprint density at radius 3 is 2.65 bits per heavy atom. The Balaban J connectivity index is 0.00000338. The van der Waals surface area contributed by atoms with Crippen LogP contribution in [0.5, 0.6) is 0 Å². The monoisotopic (exact) mass is 492 g/mol. The Labute approximate surface area is 178 Å². The molecule has 2 rings (SSSR count). The molecule has 0 spiro atoms. The molecule has 0 aromatic heterocycles. The number of thioether (sulfide) groups is 1. The topological polar surface area (TPSA) is 39.7 Å². The second kappa shape index (κ2) is 12.6. The van der Waals surface area contributed by atoms with E-state index in [4.69, 9.17) is 0 Å². The summed E-state index contributed by atoms with van der Waals surface area (Å²) in [4.78, 5) is 7.43. The van der Waals surface area contributed by atoms with Gasteiger partial charge in [0, 0.05) is 49.9 Å². The molecule has 7 heteroatoms. The molecule has 1 saturated heterocycles. The van der Waals surface area contributed by atoms with Crippen LogP contribution in [0.25, 0.3) is 0 Å². The maximum absolute atomic E-state index is 13.6. The zero-order chi connectivity index (χ0) is 18.1. The molecule has 0 bridgehead atoms. The minimum atomic E-state index is -0.156. The molecule has 146 valence electrons. The zero-order valence-corrected chi connectivity index (χ0v) is 18.8. The Morgan fingerprint density at radius 1 is 1.35 bits per heavy atom.